The molecule has 0 saturated carbocycles. The van der Waals surface area contributed by atoms with E-state index in [0.29, 0.717) is 16.4 Å². The van der Waals surface area contributed by atoms with Gasteiger partial charge in [0, 0.05) is 16.5 Å². The Bertz CT molecular complexity index is 1060. The maximum atomic E-state index is 13.0. The minimum atomic E-state index is -0.419. The summed E-state index contributed by atoms with van der Waals surface area (Å²) in [6.45, 7) is 0.160. The van der Waals surface area contributed by atoms with Crippen LogP contribution in [-0.4, -0.2) is 34.3 Å². The molecule has 0 atom stereocenters. The molecule has 0 bridgehead atoms. The summed E-state index contributed by atoms with van der Waals surface area (Å²) in [4.78, 5) is 41.2. The van der Waals surface area contributed by atoms with Gasteiger partial charge >= 0.3 is 6.03 Å². The number of hydrogen-bond acceptors (Lipinski definition) is 5. The Morgan fingerprint density at radius 1 is 1.14 bits per heavy atom. The van der Waals surface area contributed by atoms with E-state index in [1.54, 1.807) is 41.8 Å². The second-order valence-corrected chi connectivity index (χ2v) is 7.19. The van der Waals surface area contributed by atoms with Crippen molar-refractivity contribution in [1.29, 1.82) is 0 Å². The van der Waals surface area contributed by atoms with E-state index in [2.05, 4.69) is 15.6 Å². The van der Waals surface area contributed by atoms with Crippen LogP contribution in [0.15, 0.2) is 53.9 Å². The number of carbonyl (C=O) groups is 3. The Labute approximate surface area is 169 Å². The lowest BCUT2D eigenvalue weighted by Crippen LogP contribution is -2.30. The zero-order valence-electron chi connectivity index (χ0n) is 15.0. The van der Waals surface area contributed by atoms with Gasteiger partial charge in [0.2, 0.25) is 5.91 Å². The fourth-order valence-corrected chi connectivity index (χ4v) is 3.53. The van der Waals surface area contributed by atoms with Crippen molar-refractivity contribution in [3.8, 4) is 11.3 Å². The van der Waals surface area contributed by atoms with Crippen molar-refractivity contribution in [2.75, 3.05) is 11.9 Å². The Balaban J connectivity index is 1.40. The zero-order valence-corrected chi connectivity index (χ0v) is 15.8. The Hall–Kier alpha value is -3.59. The maximum absolute atomic E-state index is 13.0. The van der Waals surface area contributed by atoms with Crippen LogP contribution in [0.5, 0.6) is 0 Å². The van der Waals surface area contributed by atoms with Crippen molar-refractivity contribution in [2.24, 2.45) is 0 Å². The van der Waals surface area contributed by atoms with Crippen molar-refractivity contribution < 1.29 is 18.8 Å². The summed E-state index contributed by atoms with van der Waals surface area (Å²) in [5, 5.41) is 7.40. The van der Waals surface area contributed by atoms with Gasteiger partial charge in [-0.3, -0.25) is 19.8 Å². The number of nitrogens with zero attached hydrogens (tertiary/aromatic N) is 2. The van der Waals surface area contributed by atoms with Gasteiger partial charge < -0.3 is 5.32 Å². The number of hydrogen-bond donors (Lipinski definition) is 2. The molecule has 9 heteroatoms. The molecule has 1 fully saturated rings. The van der Waals surface area contributed by atoms with Crippen LogP contribution < -0.4 is 10.6 Å². The predicted molar refractivity (Wildman–Crippen MR) is 106 cm³/mol. The van der Waals surface area contributed by atoms with E-state index in [-0.39, 0.29) is 30.7 Å². The quantitative estimate of drug-likeness (QED) is 0.632. The number of anilines is 1. The second kappa shape index (κ2) is 7.80. The number of thiazole rings is 1. The van der Waals surface area contributed by atoms with Gasteiger partial charge in [-0.1, -0.05) is 12.1 Å². The number of imide groups is 1. The van der Waals surface area contributed by atoms with E-state index in [4.69, 9.17) is 0 Å². The van der Waals surface area contributed by atoms with Gasteiger partial charge in [0.15, 0.2) is 5.13 Å². The topological polar surface area (TPSA) is 91.4 Å². The number of rotatable bonds is 5. The Morgan fingerprint density at radius 3 is 2.52 bits per heavy atom. The summed E-state index contributed by atoms with van der Waals surface area (Å²) >= 11 is 1.27. The molecule has 2 N–H and O–H groups in total. The number of aromatic nitrogens is 1. The van der Waals surface area contributed by atoms with Gasteiger partial charge in [-0.2, -0.15) is 0 Å². The van der Waals surface area contributed by atoms with Crippen LogP contribution in [0.4, 0.5) is 14.3 Å². The molecule has 1 saturated heterocycles. The number of amides is 4. The van der Waals surface area contributed by atoms with Gasteiger partial charge in [-0.25, -0.2) is 14.2 Å². The van der Waals surface area contributed by atoms with Crippen LogP contribution >= 0.6 is 11.3 Å². The van der Waals surface area contributed by atoms with Crippen LogP contribution in [0.2, 0.25) is 0 Å². The van der Waals surface area contributed by atoms with Gasteiger partial charge in [-0.05, 0) is 42.0 Å². The summed E-state index contributed by atoms with van der Waals surface area (Å²) in [6, 6.07) is 12.2. The summed E-state index contributed by atoms with van der Waals surface area (Å²) in [7, 11) is 0. The summed E-state index contributed by atoms with van der Waals surface area (Å²) in [5.74, 6) is -0.931. The summed E-state index contributed by atoms with van der Waals surface area (Å²) in [5.41, 5.74) is 2.56. The minimum absolute atomic E-state index is 0.00699. The largest absolute Gasteiger partial charge is 0.329 e. The lowest BCUT2D eigenvalue weighted by Gasteiger charge is -2.12. The van der Waals surface area contributed by atoms with E-state index in [9.17, 15) is 18.8 Å². The third-order valence-corrected chi connectivity index (χ3v) is 5.12. The summed E-state index contributed by atoms with van der Waals surface area (Å²) < 4.78 is 13.0. The van der Waals surface area contributed by atoms with Gasteiger partial charge in [0.1, 0.15) is 5.82 Å². The molecule has 7 nitrogen and oxygen atoms in total. The minimum Gasteiger partial charge on any atom is -0.329 e. The zero-order chi connectivity index (χ0) is 20.4. The van der Waals surface area contributed by atoms with Crippen LogP contribution in [0, 0.1) is 5.82 Å². The molecule has 3 aromatic rings. The molecular formula is C20H15FN4O3S. The number of benzene rings is 2. The standard InChI is InChI=1S/C20H15FN4O3S/c21-15-7-5-13(6-8-15)16-11-29-19(23-16)24-18(27)14-3-1-12(2-4-14)10-25-17(26)9-22-20(25)28/h1-8,11H,9-10H2,(H,22,28)(H,23,24,27). The Kier molecular flexibility index (Phi) is 5.05. The monoisotopic (exact) mass is 410 g/mol. The maximum Gasteiger partial charge on any atom is 0.324 e. The fourth-order valence-electron chi connectivity index (χ4n) is 2.81. The highest BCUT2D eigenvalue weighted by molar-refractivity contribution is 7.14. The van der Waals surface area contributed by atoms with Gasteiger partial charge in [-0.15, -0.1) is 11.3 Å². The number of nitrogens with one attached hydrogen (secondary N) is 2. The van der Waals surface area contributed by atoms with Gasteiger partial charge in [0.25, 0.3) is 5.91 Å². The first kappa shape index (κ1) is 18.8. The molecule has 2 heterocycles. The third kappa shape index (κ3) is 4.14. The fraction of sp³-hybridized carbons (Fsp3) is 0.100. The molecule has 1 aliphatic heterocycles. The van der Waals surface area contributed by atoms with Crippen molar-refractivity contribution in [3.63, 3.8) is 0 Å². The average Bonchev–Trinajstić information content (AvgIpc) is 3.31. The van der Waals surface area contributed by atoms with Crippen LogP contribution in [0.1, 0.15) is 15.9 Å². The van der Waals surface area contributed by atoms with E-state index in [1.807, 2.05) is 0 Å². The number of halogens is 1. The lowest BCUT2D eigenvalue weighted by molar-refractivity contribution is -0.125. The van der Waals surface area contributed by atoms with Crippen LogP contribution in [-0.2, 0) is 11.3 Å². The number of carbonyl (C=O) groups excluding carboxylic acids is 3. The smallest absolute Gasteiger partial charge is 0.324 e. The molecule has 4 rings (SSSR count). The highest BCUT2D eigenvalue weighted by Gasteiger charge is 2.28. The van der Waals surface area contributed by atoms with E-state index in [1.165, 1.54) is 23.5 Å². The van der Waals surface area contributed by atoms with Crippen LogP contribution in [0.3, 0.4) is 0 Å². The normalized spacial score (nSPS) is 13.5. The third-order valence-electron chi connectivity index (χ3n) is 4.36. The van der Waals surface area contributed by atoms with Crippen molar-refractivity contribution >= 4 is 34.3 Å². The van der Waals surface area contributed by atoms with E-state index in [0.717, 1.165) is 16.0 Å². The molecule has 2 aromatic carbocycles. The molecule has 0 radical (unpaired) electrons. The first-order valence-electron chi connectivity index (χ1n) is 8.69. The Morgan fingerprint density at radius 2 is 1.86 bits per heavy atom. The molecule has 0 unspecified atom stereocenters. The molecule has 0 aliphatic carbocycles. The molecule has 1 aromatic heterocycles. The second-order valence-electron chi connectivity index (χ2n) is 6.33. The lowest BCUT2D eigenvalue weighted by atomic mass is 10.1. The van der Waals surface area contributed by atoms with Crippen molar-refractivity contribution in [2.45, 2.75) is 6.54 Å². The SMILES string of the molecule is O=C(Nc1nc(-c2ccc(F)cc2)cs1)c1ccc(CN2C(=O)CNC2=O)cc1. The number of urea groups is 1. The highest BCUT2D eigenvalue weighted by Crippen LogP contribution is 2.25. The highest BCUT2D eigenvalue weighted by atomic mass is 32.1. The molecule has 0 spiro atoms. The van der Waals surface area contributed by atoms with E-state index >= 15 is 0 Å². The first-order valence-corrected chi connectivity index (χ1v) is 9.57. The molecule has 4 amide bonds. The molecule has 146 valence electrons. The average molecular weight is 410 g/mol. The summed E-state index contributed by atoms with van der Waals surface area (Å²) in [6.07, 6.45) is 0. The molecular weight excluding hydrogens is 395 g/mol. The van der Waals surface area contributed by atoms with E-state index < -0.39 is 6.03 Å². The van der Waals surface area contributed by atoms with Crippen LogP contribution in [0.25, 0.3) is 11.3 Å². The molecule has 29 heavy (non-hydrogen) atoms. The first-order chi connectivity index (χ1) is 14.0. The predicted octanol–water partition coefficient (Wildman–Crippen LogP) is 3.25. The van der Waals surface area contributed by atoms with Crippen molar-refractivity contribution in [1.82, 2.24) is 15.2 Å². The van der Waals surface area contributed by atoms with Gasteiger partial charge in [0.05, 0.1) is 18.8 Å². The molecule has 1 aliphatic rings. The van der Waals surface area contributed by atoms with Crippen molar-refractivity contribution in [3.05, 3.63) is 70.9 Å².